The number of H-pyrrole nitrogens is 1. The molecule has 3 N–H and O–H groups in total. The minimum Gasteiger partial charge on any atom is -0.379 e. The van der Waals surface area contributed by atoms with Crippen molar-refractivity contribution >= 4 is 23.0 Å². The highest BCUT2D eigenvalue weighted by Crippen LogP contribution is 2.29. The minimum absolute atomic E-state index is 0.617. The molecule has 0 unspecified atom stereocenters. The fraction of sp³-hybridized carbons (Fsp3) is 0.500. The molecule has 6 heteroatoms. The molecular formula is C20H29N5S. The second-order valence-corrected chi connectivity index (χ2v) is 7.78. The molecule has 1 aromatic carbocycles. The summed E-state index contributed by atoms with van der Waals surface area (Å²) in [6.07, 6.45) is 5.86. The van der Waals surface area contributed by atoms with Crippen LogP contribution in [0.1, 0.15) is 43.9 Å². The minimum atomic E-state index is 0.617. The molecule has 2 aromatic rings. The van der Waals surface area contributed by atoms with E-state index in [0.717, 1.165) is 55.5 Å². The average Bonchev–Trinajstić information content (AvgIpc) is 3.18. The summed E-state index contributed by atoms with van der Waals surface area (Å²) in [6, 6.07) is 8.86. The molecule has 0 saturated carbocycles. The molecule has 1 aromatic heterocycles. The van der Waals surface area contributed by atoms with E-state index in [1.54, 1.807) is 6.33 Å². The van der Waals surface area contributed by atoms with Crippen molar-refractivity contribution in [1.29, 1.82) is 0 Å². The van der Waals surface area contributed by atoms with Crippen molar-refractivity contribution in [1.82, 2.24) is 20.2 Å². The Labute approximate surface area is 161 Å². The lowest BCUT2D eigenvalue weighted by Crippen LogP contribution is -2.44. The molecule has 1 fully saturated rings. The lowest BCUT2D eigenvalue weighted by Gasteiger charge is -2.34. The Morgan fingerprint density at radius 1 is 1.27 bits per heavy atom. The number of aromatic amines is 1. The summed E-state index contributed by atoms with van der Waals surface area (Å²) in [4.78, 5) is 9.45. The molecule has 2 heterocycles. The van der Waals surface area contributed by atoms with Crippen LogP contribution in [0.15, 0.2) is 36.8 Å². The number of imidazole rings is 1. The number of likely N-dealkylation sites (tertiary alicyclic amines) is 1. The van der Waals surface area contributed by atoms with E-state index in [1.165, 1.54) is 5.56 Å². The van der Waals surface area contributed by atoms with Gasteiger partial charge in [0, 0.05) is 31.5 Å². The van der Waals surface area contributed by atoms with E-state index in [2.05, 4.69) is 63.6 Å². The second kappa shape index (κ2) is 9.03. The molecule has 0 bridgehead atoms. The molecule has 26 heavy (non-hydrogen) atoms. The maximum Gasteiger partial charge on any atom is 0.168 e. The van der Waals surface area contributed by atoms with Crippen LogP contribution in [0.5, 0.6) is 0 Å². The first-order chi connectivity index (χ1) is 12.6. The predicted molar refractivity (Wildman–Crippen MR) is 111 cm³/mol. The number of rotatable bonds is 6. The summed E-state index contributed by atoms with van der Waals surface area (Å²) in [5, 5.41) is 7.71. The van der Waals surface area contributed by atoms with E-state index in [-0.39, 0.29) is 0 Å². The summed E-state index contributed by atoms with van der Waals surface area (Å²) < 4.78 is 0. The van der Waals surface area contributed by atoms with Gasteiger partial charge in [-0.15, -0.1) is 0 Å². The van der Waals surface area contributed by atoms with E-state index in [0.29, 0.717) is 11.8 Å². The molecule has 0 atom stereocenters. The van der Waals surface area contributed by atoms with Gasteiger partial charge in [0.05, 0.1) is 18.6 Å². The molecule has 0 spiro atoms. The number of aromatic nitrogens is 2. The van der Waals surface area contributed by atoms with Gasteiger partial charge in [-0.25, -0.2) is 4.98 Å². The second-order valence-electron chi connectivity index (χ2n) is 7.39. The normalized spacial score (nSPS) is 15.3. The van der Waals surface area contributed by atoms with Crippen molar-refractivity contribution in [3.63, 3.8) is 0 Å². The number of nitrogens with one attached hydrogen (secondary N) is 3. The van der Waals surface area contributed by atoms with Crippen LogP contribution in [-0.2, 0) is 6.54 Å². The van der Waals surface area contributed by atoms with Crippen molar-refractivity contribution in [2.45, 2.75) is 39.2 Å². The number of thiocarbonyl (C=S) groups is 1. The first kappa shape index (κ1) is 18.7. The van der Waals surface area contributed by atoms with Gasteiger partial charge in [0.2, 0.25) is 0 Å². The maximum atomic E-state index is 5.53. The molecule has 140 valence electrons. The number of hydrogen-bond acceptors (Lipinski definition) is 3. The van der Waals surface area contributed by atoms with Crippen LogP contribution in [0.2, 0.25) is 0 Å². The number of piperidine rings is 1. The van der Waals surface area contributed by atoms with Crippen LogP contribution in [0.3, 0.4) is 0 Å². The molecule has 0 amide bonds. The van der Waals surface area contributed by atoms with Gasteiger partial charge in [-0.1, -0.05) is 26.0 Å². The number of hydrogen-bond donors (Lipinski definition) is 3. The zero-order chi connectivity index (χ0) is 18.4. The molecular weight excluding hydrogens is 342 g/mol. The zero-order valence-electron chi connectivity index (χ0n) is 15.7. The zero-order valence-corrected chi connectivity index (χ0v) is 16.5. The van der Waals surface area contributed by atoms with Crippen LogP contribution in [0, 0.1) is 5.92 Å². The lowest BCUT2D eigenvalue weighted by molar-refractivity contribution is 0.308. The summed E-state index contributed by atoms with van der Waals surface area (Å²) >= 11 is 5.53. The van der Waals surface area contributed by atoms with Crippen LogP contribution in [-0.4, -0.2) is 39.6 Å². The molecule has 0 radical (unpaired) electrons. The van der Waals surface area contributed by atoms with Crippen molar-refractivity contribution in [2.75, 3.05) is 25.0 Å². The fourth-order valence-corrected chi connectivity index (χ4v) is 3.54. The monoisotopic (exact) mass is 371 g/mol. The van der Waals surface area contributed by atoms with Crippen LogP contribution >= 0.6 is 12.2 Å². The Morgan fingerprint density at radius 3 is 2.62 bits per heavy atom. The topological polar surface area (TPSA) is 56.0 Å². The Kier molecular flexibility index (Phi) is 6.50. The molecule has 3 rings (SSSR count). The van der Waals surface area contributed by atoms with E-state index < -0.39 is 0 Å². The third-order valence-corrected chi connectivity index (χ3v) is 5.27. The van der Waals surface area contributed by atoms with Gasteiger partial charge in [-0.3, -0.25) is 0 Å². The van der Waals surface area contributed by atoms with E-state index in [1.807, 2.05) is 6.20 Å². The van der Waals surface area contributed by atoms with E-state index in [4.69, 9.17) is 12.2 Å². The molecule has 1 saturated heterocycles. The van der Waals surface area contributed by atoms with Gasteiger partial charge in [0.15, 0.2) is 5.11 Å². The highest BCUT2D eigenvalue weighted by Gasteiger charge is 2.22. The standard InChI is InChI=1S/C20H29N5S/c1-15(2)11-23-20(26)25-9-7-17(8-10-25)16-3-5-18(6-4-16)22-13-19-12-21-14-24-19/h3-6,12,14-15,17,22H,7-11,13H2,1-2H3,(H,21,24)(H,23,26). The third-order valence-electron chi connectivity index (χ3n) is 4.86. The van der Waals surface area contributed by atoms with Gasteiger partial charge < -0.3 is 20.5 Å². The van der Waals surface area contributed by atoms with E-state index >= 15 is 0 Å². The molecule has 0 aliphatic carbocycles. The van der Waals surface area contributed by atoms with Gasteiger partial charge in [-0.2, -0.15) is 0 Å². The lowest BCUT2D eigenvalue weighted by atomic mass is 9.89. The predicted octanol–water partition coefficient (Wildman–Crippen LogP) is 3.73. The number of benzene rings is 1. The largest absolute Gasteiger partial charge is 0.379 e. The van der Waals surface area contributed by atoms with Gasteiger partial charge in [0.25, 0.3) is 0 Å². The van der Waals surface area contributed by atoms with Crippen LogP contribution < -0.4 is 10.6 Å². The SMILES string of the molecule is CC(C)CNC(=S)N1CCC(c2ccc(NCc3cnc[nH]3)cc2)CC1. The highest BCUT2D eigenvalue weighted by atomic mass is 32.1. The van der Waals surface area contributed by atoms with Crippen molar-refractivity contribution in [3.05, 3.63) is 48.0 Å². The number of nitrogens with zero attached hydrogens (tertiary/aromatic N) is 2. The first-order valence-corrected chi connectivity index (χ1v) is 9.86. The molecule has 1 aliphatic rings. The fourth-order valence-electron chi connectivity index (χ4n) is 3.27. The Hall–Kier alpha value is -2.08. The number of anilines is 1. The maximum absolute atomic E-state index is 5.53. The Balaban J connectivity index is 1.46. The van der Waals surface area contributed by atoms with Crippen molar-refractivity contribution < 1.29 is 0 Å². The summed E-state index contributed by atoms with van der Waals surface area (Å²) in [5.74, 6) is 1.24. The van der Waals surface area contributed by atoms with E-state index in [9.17, 15) is 0 Å². The summed E-state index contributed by atoms with van der Waals surface area (Å²) in [5.41, 5.74) is 3.65. The average molecular weight is 372 g/mol. The van der Waals surface area contributed by atoms with Crippen molar-refractivity contribution in [3.8, 4) is 0 Å². The first-order valence-electron chi connectivity index (χ1n) is 9.45. The molecule has 1 aliphatic heterocycles. The van der Waals surface area contributed by atoms with Crippen molar-refractivity contribution in [2.24, 2.45) is 5.92 Å². The quantitative estimate of drug-likeness (QED) is 0.676. The molecule has 5 nitrogen and oxygen atoms in total. The Bertz CT molecular complexity index is 673. The van der Waals surface area contributed by atoms with Crippen LogP contribution in [0.4, 0.5) is 5.69 Å². The third kappa shape index (κ3) is 5.21. The van der Waals surface area contributed by atoms with Gasteiger partial charge in [0.1, 0.15) is 0 Å². The van der Waals surface area contributed by atoms with Crippen LogP contribution in [0.25, 0.3) is 0 Å². The smallest absolute Gasteiger partial charge is 0.168 e. The summed E-state index contributed by atoms with van der Waals surface area (Å²) in [7, 11) is 0. The van der Waals surface area contributed by atoms with Gasteiger partial charge in [-0.05, 0) is 54.6 Å². The Morgan fingerprint density at radius 2 is 2.00 bits per heavy atom. The summed E-state index contributed by atoms with van der Waals surface area (Å²) in [6.45, 7) is 8.19. The highest BCUT2D eigenvalue weighted by molar-refractivity contribution is 7.80. The van der Waals surface area contributed by atoms with Gasteiger partial charge >= 0.3 is 0 Å².